The van der Waals surface area contributed by atoms with Crippen LogP contribution in [-0.4, -0.2) is 16.4 Å². The molecular formula is C10H19Br3CuO2. The van der Waals surface area contributed by atoms with E-state index in [0.29, 0.717) is 25.0 Å². The molecule has 6 heteroatoms. The van der Waals surface area contributed by atoms with Crippen LogP contribution < -0.4 is 0 Å². The van der Waals surface area contributed by atoms with Crippen molar-refractivity contribution in [3.8, 4) is 0 Å². The molecule has 103 valence electrons. The fraction of sp³-hybridized carbons (Fsp3) is 0.800. The third kappa shape index (κ3) is 24.5. The van der Waals surface area contributed by atoms with Crippen LogP contribution in [0.2, 0.25) is 0 Å². The molecule has 0 rings (SSSR count). The van der Waals surface area contributed by atoms with E-state index in [0.717, 1.165) is 0 Å². The Bertz CT molecular complexity index is 169. The van der Waals surface area contributed by atoms with Crippen molar-refractivity contribution < 1.29 is 20.9 Å². The minimum absolute atomic E-state index is 0.0394. The Morgan fingerprint density at radius 2 is 1.38 bits per heavy atom. The molecule has 0 amide bonds. The zero-order chi connectivity index (χ0) is 13.6. The van der Waals surface area contributed by atoms with Crippen LogP contribution in [0.3, 0.4) is 0 Å². The van der Waals surface area contributed by atoms with Gasteiger partial charge in [0, 0.05) is 19.3 Å². The van der Waals surface area contributed by atoms with Gasteiger partial charge in [-0.3, -0.25) is 9.59 Å². The van der Waals surface area contributed by atoms with Gasteiger partial charge >= 0.3 is 39.6 Å². The molecule has 0 heterocycles. The summed E-state index contributed by atoms with van der Waals surface area (Å²) in [6.07, 6.45) is 2.01. The minimum atomic E-state index is 0.0394. The van der Waals surface area contributed by atoms with Gasteiger partial charge in [-0.2, -0.15) is 0 Å². The average Bonchev–Trinajstić information content (AvgIpc) is 2.28. The molecule has 0 aromatic carbocycles. The summed E-state index contributed by atoms with van der Waals surface area (Å²) >= 11 is 10.5. The summed E-state index contributed by atoms with van der Waals surface area (Å²) in [5, 5.41) is 0. The summed E-state index contributed by atoms with van der Waals surface area (Å²) in [7, 11) is 0. The third-order valence-corrected chi connectivity index (χ3v) is 2.09. The van der Waals surface area contributed by atoms with Gasteiger partial charge < -0.3 is 0 Å². The Morgan fingerprint density at radius 1 is 1.06 bits per heavy atom. The molecule has 0 N–H and O–H groups in total. The van der Waals surface area contributed by atoms with Crippen LogP contribution >= 0.6 is 44.2 Å². The van der Waals surface area contributed by atoms with E-state index in [1.165, 1.54) is 11.3 Å². The maximum atomic E-state index is 10.5. The first kappa shape index (κ1) is 22.5. The molecule has 0 aromatic rings. The van der Waals surface area contributed by atoms with Crippen molar-refractivity contribution in [3.63, 3.8) is 0 Å². The van der Waals surface area contributed by atoms with Gasteiger partial charge in [0.2, 0.25) is 0 Å². The van der Waals surface area contributed by atoms with Crippen molar-refractivity contribution in [2.75, 3.05) is 0 Å². The first-order chi connectivity index (χ1) is 7.40. The normalized spacial score (nSPS) is 10.4. The maximum absolute atomic E-state index is 10.5. The van der Waals surface area contributed by atoms with Gasteiger partial charge in [-0.1, -0.05) is 36.7 Å². The number of alkyl halides is 1. The van der Waals surface area contributed by atoms with E-state index in [1.54, 1.807) is 0 Å². The first-order valence-electron chi connectivity index (χ1n) is 4.90. The number of carbonyl (C=O) groups excluding carboxylic acids is 2. The monoisotopic (exact) mass is 471 g/mol. The van der Waals surface area contributed by atoms with Crippen LogP contribution in [-0.2, 0) is 20.9 Å². The first-order valence-corrected chi connectivity index (χ1v) is 10.5. The standard InChI is InChI=1S/C5H9BrO.C5H10O.2BrH.Cu/c1-3-5(7)4(2)6;1-3-5(6)4-2;;;/h4H,3H2,1-2H3;3-4H2,1-2H3;2*1H;/q;;;;+2/p-2. The number of carbonyl (C=O) groups is 2. The molecule has 0 aliphatic carbocycles. The molecule has 16 heavy (non-hydrogen) atoms. The van der Waals surface area contributed by atoms with Crippen molar-refractivity contribution in [3.05, 3.63) is 0 Å². The summed E-state index contributed by atoms with van der Waals surface area (Å²) < 4.78 is 0. The second kappa shape index (κ2) is 18.7. The van der Waals surface area contributed by atoms with Gasteiger partial charge in [0.25, 0.3) is 0 Å². The Labute approximate surface area is 127 Å². The summed E-state index contributed by atoms with van der Waals surface area (Å²) in [5.41, 5.74) is 0. The quantitative estimate of drug-likeness (QED) is 0.433. The third-order valence-electron chi connectivity index (χ3n) is 1.58. The summed E-state index contributed by atoms with van der Waals surface area (Å²) in [6, 6.07) is 0. The summed E-state index contributed by atoms with van der Waals surface area (Å²) in [6.45, 7) is 7.46. The second-order valence-electron chi connectivity index (χ2n) is 2.72. The van der Waals surface area contributed by atoms with Crippen LogP contribution in [0, 0.1) is 0 Å². The van der Waals surface area contributed by atoms with E-state index in [1.807, 2.05) is 27.7 Å². The SMILES string of the molecule is CCC(=O)C(C)Br.CCC(=O)CC.[Br][Cu][Br]. The molecule has 0 spiro atoms. The predicted molar refractivity (Wildman–Crippen MR) is 77.1 cm³/mol. The number of Topliss-reactive ketones (excluding diaryl/α,β-unsaturated/α-hetero) is 2. The molecule has 0 aliphatic rings. The zero-order valence-electron chi connectivity index (χ0n) is 9.95. The van der Waals surface area contributed by atoms with Crippen LogP contribution in [0.5, 0.6) is 0 Å². The van der Waals surface area contributed by atoms with Crippen LogP contribution in [0.25, 0.3) is 0 Å². The number of ketones is 2. The van der Waals surface area contributed by atoms with E-state index in [2.05, 4.69) is 44.2 Å². The van der Waals surface area contributed by atoms with Crippen LogP contribution in [0.15, 0.2) is 0 Å². The van der Waals surface area contributed by atoms with Crippen LogP contribution in [0.4, 0.5) is 0 Å². The Kier molecular flexibility index (Phi) is 26.2. The zero-order valence-corrected chi connectivity index (χ0v) is 15.7. The van der Waals surface area contributed by atoms with Crippen molar-refractivity contribution >= 4 is 55.7 Å². The second-order valence-corrected chi connectivity index (χ2v) is 8.85. The molecule has 0 bridgehead atoms. The van der Waals surface area contributed by atoms with E-state index >= 15 is 0 Å². The molecule has 2 nitrogen and oxygen atoms in total. The fourth-order valence-electron chi connectivity index (χ4n) is 0.531. The predicted octanol–water partition coefficient (Wildman–Crippen LogP) is 4.81. The molecule has 0 aliphatic heterocycles. The Balaban J connectivity index is -0.000000172. The molecule has 0 radical (unpaired) electrons. The molecule has 0 saturated carbocycles. The van der Waals surface area contributed by atoms with Crippen molar-refractivity contribution in [1.29, 1.82) is 0 Å². The fourth-order valence-corrected chi connectivity index (χ4v) is 0.855. The number of halogens is 3. The van der Waals surface area contributed by atoms with E-state index < -0.39 is 0 Å². The van der Waals surface area contributed by atoms with Gasteiger partial charge in [-0.25, -0.2) is 0 Å². The number of rotatable bonds is 4. The molecule has 1 unspecified atom stereocenters. The molecule has 0 saturated heterocycles. The molecule has 0 aromatic heterocycles. The molecule has 1 atom stereocenters. The average molecular weight is 475 g/mol. The number of hydrogen-bond acceptors (Lipinski definition) is 2. The van der Waals surface area contributed by atoms with Gasteiger partial charge in [-0.15, -0.1) is 0 Å². The van der Waals surface area contributed by atoms with Crippen LogP contribution in [0.1, 0.15) is 47.0 Å². The Morgan fingerprint density at radius 3 is 1.38 bits per heavy atom. The van der Waals surface area contributed by atoms with Crippen molar-refractivity contribution in [2.45, 2.75) is 51.8 Å². The summed E-state index contributed by atoms with van der Waals surface area (Å²) in [5.74, 6) is 0.606. The van der Waals surface area contributed by atoms with Gasteiger partial charge in [0.15, 0.2) is 0 Å². The molecule has 0 fully saturated rings. The molecular weight excluding hydrogens is 455 g/mol. The van der Waals surface area contributed by atoms with Gasteiger partial charge in [0.05, 0.1) is 4.83 Å². The Hall–Kier alpha value is 1.30. The van der Waals surface area contributed by atoms with Crippen molar-refractivity contribution in [1.82, 2.24) is 0 Å². The van der Waals surface area contributed by atoms with Gasteiger partial charge in [0.1, 0.15) is 11.6 Å². The van der Waals surface area contributed by atoms with Crippen molar-refractivity contribution in [2.24, 2.45) is 0 Å². The van der Waals surface area contributed by atoms with Gasteiger partial charge in [-0.05, 0) is 6.92 Å². The van der Waals surface area contributed by atoms with E-state index in [-0.39, 0.29) is 10.6 Å². The number of hydrogen-bond donors (Lipinski definition) is 0. The van der Waals surface area contributed by atoms with E-state index in [4.69, 9.17) is 0 Å². The van der Waals surface area contributed by atoms with E-state index in [9.17, 15) is 9.59 Å². The topological polar surface area (TPSA) is 34.1 Å². The summed E-state index contributed by atoms with van der Waals surface area (Å²) in [4.78, 5) is 20.7.